The first kappa shape index (κ1) is 20.7. The van der Waals surface area contributed by atoms with Crippen molar-refractivity contribution in [2.45, 2.75) is 6.92 Å². The quantitative estimate of drug-likeness (QED) is 0.264. The number of nitro groups is 1. The molecule has 0 amide bonds. The highest BCUT2D eigenvalue weighted by Gasteiger charge is 2.22. The van der Waals surface area contributed by atoms with Crippen molar-refractivity contribution >= 4 is 23.6 Å². The maximum absolute atomic E-state index is 11.7. The molecule has 0 unspecified atom stereocenters. The zero-order chi connectivity index (χ0) is 22.8. The molecule has 3 aromatic heterocycles. The third kappa shape index (κ3) is 3.88. The number of carbonyl (C=O) groups excluding carboxylic acids is 1. The van der Waals surface area contributed by atoms with Gasteiger partial charge in [-0.25, -0.2) is 9.67 Å². The number of nitro benzene ring substituents is 1. The Balaban J connectivity index is 1.73. The summed E-state index contributed by atoms with van der Waals surface area (Å²) >= 11 is 0. The van der Waals surface area contributed by atoms with Crippen LogP contribution < -0.4 is 10.1 Å². The van der Waals surface area contributed by atoms with Crippen LogP contribution in [-0.4, -0.2) is 47.8 Å². The summed E-state index contributed by atoms with van der Waals surface area (Å²) in [6, 6.07) is 4.55. The van der Waals surface area contributed by atoms with E-state index < -0.39 is 4.92 Å². The number of benzene rings is 1. The van der Waals surface area contributed by atoms with Crippen LogP contribution in [0.25, 0.3) is 16.9 Å². The van der Waals surface area contributed by atoms with Crippen LogP contribution in [0, 0.1) is 17.0 Å². The van der Waals surface area contributed by atoms with Crippen molar-refractivity contribution in [1.82, 2.24) is 29.5 Å². The first-order valence-electron chi connectivity index (χ1n) is 9.37. The highest BCUT2D eigenvalue weighted by molar-refractivity contribution is 5.81. The molecule has 32 heavy (non-hydrogen) atoms. The van der Waals surface area contributed by atoms with Crippen LogP contribution in [-0.2, 0) is 7.05 Å². The second-order valence-corrected chi connectivity index (χ2v) is 6.83. The van der Waals surface area contributed by atoms with E-state index in [4.69, 9.17) is 4.74 Å². The van der Waals surface area contributed by atoms with Crippen molar-refractivity contribution in [2.75, 3.05) is 12.4 Å². The molecule has 12 nitrogen and oxygen atoms in total. The van der Waals surface area contributed by atoms with Gasteiger partial charge in [-0.05, 0) is 13.0 Å². The Labute approximate surface area is 181 Å². The average molecular weight is 434 g/mol. The number of nitrogens with zero attached hydrogens (tertiary/aromatic N) is 7. The molecule has 12 heteroatoms. The molecule has 0 saturated heterocycles. The van der Waals surface area contributed by atoms with Gasteiger partial charge in [0.05, 0.1) is 40.7 Å². The maximum Gasteiger partial charge on any atom is 0.279 e. The Kier molecular flexibility index (Phi) is 5.33. The number of aldehydes is 1. The predicted octanol–water partition coefficient (Wildman–Crippen LogP) is 2.84. The molecule has 0 aliphatic rings. The van der Waals surface area contributed by atoms with Gasteiger partial charge in [-0.1, -0.05) is 0 Å². The lowest BCUT2D eigenvalue weighted by molar-refractivity contribution is -0.384. The van der Waals surface area contributed by atoms with Gasteiger partial charge in [-0.2, -0.15) is 15.2 Å². The molecule has 162 valence electrons. The highest BCUT2D eigenvalue weighted by Crippen LogP contribution is 2.39. The van der Waals surface area contributed by atoms with Crippen molar-refractivity contribution in [3.05, 3.63) is 64.4 Å². The number of methoxy groups -OCH3 is 1. The molecular weight excluding hydrogens is 416 g/mol. The SMILES string of the molecule is COc1cc(-c2cnn(C)c2)c([N+](=O)[O-])cc1Nc1nccc(-n2cc(C=O)c(C)n2)n1. The smallest absolute Gasteiger partial charge is 0.279 e. The zero-order valence-electron chi connectivity index (χ0n) is 17.4. The first-order valence-corrected chi connectivity index (χ1v) is 9.37. The molecule has 1 aromatic carbocycles. The third-order valence-corrected chi connectivity index (χ3v) is 4.72. The Bertz CT molecular complexity index is 1330. The highest BCUT2D eigenvalue weighted by atomic mass is 16.6. The lowest BCUT2D eigenvalue weighted by Crippen LogP contribution is -2.05. The second-order valence-electron chi connectivity index (χ2n) is 6.83. The molecule has 1 N–H and O–H groups in total. The van der Waals surface area contributed by atoms with Gasteiger partial charge in [0.1, 0.15) is 5.75 Å². The van der Waals surface area contributed by atoms with Crippen LogP contribution in [0.3, 0.4) is 0 Å². The summed E-state index contributed by atoms with van der Waals surface area (Å²) in [5.74, 6) is 0.950. The Morgan fingerprint density at radius 1 is 1.28 bits per heavy atom. The fourth-order valence-electron chi connectivity index (χ4n) is 3.14. The average Bonchev–Trinajstić information content (AvgIpc) is 3.38. The van der Waals surface area contributed by atoms with Gasteiger partial charge in [0.2, 0.25) is 5.95 Å². The standard InChI is InChI=1S/C20H18N8O4/c1-12-14(11-29)10-27(25-12)19-4-5-21-20(24-19)23-16-7-17(28(30)31)15(6-18(16)32-3)13-8-22-26(2)9-13/h4-11H,1-3H3,(H,21,23,24). The van der Waals surface area contributed by atoms with Crippen LogP contribution in [0.15, 0.2) is 43.0 Å². The maximum atomic E-state index is 11.7. The number of ether oxygens (including phenoxy) is 1. The number of rotatable bonds is 7. The van der Waals surface area contributed by atoms with Crippen LogP contribution in [0.1, 0.15) is 16.1 Å². The van der Waals surface area contributed by atoms with Crippen LogP contribution in [0.5, 0.6) is 5.75 Å². The summed E-state index contributed by atoms with van der Waals surface area (Å²) in [5, 5.41) is 23.1. The van der Waals surface area contributed by atoms with Gasteiger partial charge >= 0.3 is 0 Å². The minimum absolute atomic E-state index is 0.129. The molecule has 4 rings (SSSR count). The molecule has 0 radical (unpaired) electrons. The first-order chi connectivity index (χ1) is 15.4. The van der Waals surface area contributed by atoms with Crippen molar-refractivity contribution in [3.8, 4) is 22.7 Å². The predicted molar refractivity (Wildman–Crippen MR) is 114 cm³/mol. The Morgan fingerprint density at radius 3 is 2.72 bits per heavy atom. The topological polar surface area (TPSA) is 143 Å². The number of hydrogen-bond donors (Lipinski definition) is 1. The van der Waals surface area contributed by atoms with E-state index in [1.807, 2.05) is 0 Å². The third-order valence-electron chi connectivity index (χ3n) is 4.72. The zero-order valence-corrected chi connectivity index (χ0v) is 17.4. The molecule has 0 spiro atoms. The Morgan fingerprint density at radius 2 is 2.09 bits per heavy atom. The fraction of sp³-hybridized carbons (Fsp3) is 0.150. The molecule has 0 bridgehead atoms. The van der Waals surface area contributed by atoms with Gasteiger partial charge in [0, 0.05) is 43.3 Å². The van der Waals surface area contributed by atoms with Gasteiger partial charge in [-0.15, -0.1) is 0 Å². The number of aromatic nitrogens is 6. The van der Waals surface area contributed by atoms with Gasteiger partial charge in [0.15, 0.2) is 12.1 Å². The van der Waals surface area contributed by atoms with Crippen LogP contribution >= 0.6 is 0 Å². The van der Waals surface area contributed by atoms with E-state index in [2.05, 4.69) is 25.5 Å². The van der Waals surface area contributed by atoms with Gasteiger partial charge < -0.3 is 10.1 Å². The van der Waals surface area contributed by atoms with E-state index in [1.165, 1.54) is 24.1 Å². The molecule has 0 aliphatic carbocycles. The summed E-state index contributed by atoms with van der Waals surface area (Å²) in [6.07, 6.45) is 7.00. The number of carbonyl (C=O) groups is 1. The van der Waals surface area contributed by atoms with Gasteiger partial charge in [0.25, 0.3) is 5.69 Å². The molecule has 3 heterocycles. The monoisotopic (exact) mass is 434 g/mol. The van der Waals surface area contributed by atoms with Crippen LogP contribution in [0.2, 0.25) is 0 Å². The summed E-state index contributed by atoms with van der Waals surface area (Å²) in [4.78, 5) is 30.9. The molecule has 0 saturated carbocycles. The Hall–Kier alpha value is -4.61. The number of hydrogen-bond acceptors (Lipinski definition) is 9. The fourth-order valence-corrected chi connectivity index (χ4v) is 3.14. The minimum atomic E-state index is -0.474. The summed E-state index contributed by atoms with van der Waals surface area (Å²) in [7, 11) is 3.19. The van der Waals surface area contributed by atoms with Crippen molar-refractivity contribution < 1.29 is 14.5 Å². The largest absolute Gasteiger partial charge is 0.495 e. The number of aryl methyl sites for hydroxylation is 2. The van der Waals surface area contributed by atoms with Crippen molar-refractivity contribution in [1.29, 1.82) is 0 Å². The molecular formula is C20H18N8O4. The van der Waals surface area contributed by atoms with E-state index in [0.717, 1.165) is 0 Å². The lowest BCUT2D eigenvalue weighted by Gasteiger charge is -2.12. The van der Waals surface area contributed by atoms with E-state index in [-0.39, 0.29) is 11.6 Å². The second kappa shape index (κ2) is 8.26. The normalized spacial score (nSPS) is 10.7. The van der Waals surface area contributed by atoms with E-state index >= 15 is 0 Å². The summed E-state index contributed by atoms with van der Waals surface area (Å²) in [5.41, 5.74) is 2.15. The van der Waals surface area contributed by atoms with Crippen molar-refractivity contribution in [2.24, 2.45) is 7.05 Å². The minimum Gasteiger partial charge on any atom is -0.495 e. The summed E-state index contributed by atoms with van der Waals surface area (Å²) in [6.45, 7) is 1.72. The molecule has 0 fully saturated rings. The molecule has 4 aromatic rings. The summed E-state index contributed by atoms with van der Waals surface area (Å²) < 4.78 is 8.46. The number of nitrogens with one attached hydrogen (secondary N) is 1. The molecule has 0 atom stereocenters. The lowest BCUT2D eigenvalue weighted by atomic mass is 10.1. The van der Waals surface area contributed by atoms with E-state index in [1.54, 1.807) is 49.4 Å². The molecule has 0 aliphatic heterocycles. The van der Waals surface area contributed by atoms with E-state index in [0.29, 0.717) is 45.9 Å². The van der Waals surface area contributed by atoms with Crippen molar-refractivity contribution in [3.63, 3.8) is 0 Å². The van der Waals surface area contributed by atoms with E-state index in [9.17, 15) is 14.9 Å². The van der Waals surface area contributed by atoms with Crippen LogP contribution in [0.4, 0.5) is 17.3 Å². The number of anilines is 2. The van der Waals surface area contributed by atoms with Gasteiger partial charge in [-0.3, -0.25) is 19.6 Å².